The maximum Gasteiger partial charge on any atom is 0.150 e. The third kappa shape index (κ3) is 4.32. The molecule has 112 valence electrons. The van der Waals surface area contributed by atoms with Gasteiger partial charge in [0.1, 0.15) is 0 Å². The largest absolute Gasteiger partial charge is 0.310 e. The number of aryl methyl sites for hydroxylation is 1. The van der Waals surface area contributed by atoms with E-state index in [2.05, 4.69) is 43.4 Å². The van der Waals surface area contributed by atoms with Crippen molar-refractivity contribution in [2.24, 2.45) is 5.92 Å². The van der Waals surface area contributed by atoms with E-state index < -0.39 is 9.84 Å². The van der Waals surface area contributed by atoms with Gasteiger partial charge in [-0.3, -0.25) is 0 Å². The predicted molar refractivity (Wildman–Crippen MR) is 83.6 cm³/mol. The van der Waals surface area contributed by atoms with Gasteiger partial charge in [0.05, 0.1) is 11.5 Å². The molecule has 2 unspecified atom stereocenters. The highest BCUT2D eigenvalue weighted by atomic mass is 32.2. The van der Waals surface area contributed by atoms with Crippen molar-refractivity contribution >= 4 is 9.84 Å². The lowest BCUT2D eigenvalue weighted by Crippen LogP contribution is -2.26. The molecule has 0 saturated carbocycles. The predicted octanol–water partition coefficient (Wildman–Crippen LogP) is 2.72. The van der Waals surface area contributed by atoms with Crippen molar-refractivity contribution in [1.29, 1.82) is 0 Å². The summed E-state index contributed by atoms with van der Waals surface area (Å²) in [5.74, 6) is 0.989. The second-order valence-corrected chi connectivity index (χ2v) is 8.12. The lowest BCUT2D eigenvalue weighted by Gasteiger charge is -2.17. The SMILES string of the molecule is CCCc1ccc(C(C)NCC2CCS(=O)(=O)C2)cc1. The standard InChI is InChI=1S/C16H25NO2S/c1-3-4-14-5-7-16(8-6-14)13(2)17-11-15-9-10-20(18,19)12-15/h5-8,13,15,17H,3-4,9-12H2,1-2H3. The van der Waals surface area contributed by atoms with Crippen LogP contribution in [0, 0.1) is 5.92 Å². The molecule has 3 nitrogen and oxygen atoms in total. The molecule has 1 aromatic rings. The van der Waals surface area contributed by atoms with E-state index in [1.807, 2.05) is 0 Å². The van der Waals surface area contributed by atoms with E-state index in [1.54, 1.807) is 0 Å². The number of nitrogens with one attached hydrogen (secondary N) is 1. The molecule has 1 heterocycles. The highest BCUT2D eigenvalue weighted by molar-refractivity contribution is 7.91. The minimum Gasteiger partial charge on any atom is -0.310 e. The van der Waals surface area contributed by atoms with Gasteiger partial charge >= 0.3 is 0 Å². The van der Waals surface area contributed by atoms with Gasteiger partial charge in [-0.15, -0.1) is 0 Å². The Bertz CT molecular complexity index is 522. The zero-order valence-corrected chi connectivity index (χ0v) is 13.2. The first kappa shape index (κ1) is 15.5. The van der Waals surface area contributed by atoms with Gasteiger partial charge in [0.2, 0.25) is 0 Å². The summed E-state index contributed by atoms with van der Waals surface area (Å²) in [5.41, 5.74) is 2.65. The van der Waals surface area contributed by atoms with Gasteiger partial charge < -0.3 is 5.32 Å². The quantitative estimate of drug-likeness (QED) is 0.878. The van der Waals surface area contributed by atoms with Crippen LogP contribution in [0.2, 0.25) is 0 Å². The van der Waals surface area contributed by atoms with E-state index in [0.29, 0.717) is 11.5 Å². The number of benzene rings is 1. The van der Waals surface area contributed by atoms with Crippen molar-refractivity contribution in [2.75, 3.05) is 18.1 Å². The Morgan fingerprint density at radius 1 is 1.30 bits per heavy atom. The summed E-state index contributed by atoms with van der Waals surface area (Å²) in [5, 5.41) is 3.47. The second kappa shape index (κ2) is 6.72. The van der Waals surface area contributed by atoms with Crippen LogP contribution < -0.4 is 5.32 Å². The van der Waals surface area contributed by atoms with Crippen LogP contribution in [0.5, 0.6) is 0 Å². The van der Waals surface area contributed by atoms with Gasteiger partial charge in [-0.25, -0.2) is 8.42 Å². The maximum absolute atomic E-state index is 11.4. The number of hydrogen-bond donors (Lipinski definition) is 1. The number of hydrogen-bond acceptors (Lipinski definition) is 3. The van der Waals surface area contributed by atoms with E-state index in [0.717, 1.165) is 19.4 Å². The van der Waals surface area contributed by atoms with Crippen LogP contribution in [-0.4, -0.2) is 26.5 Å². The molecule has 4 heteroatoms. The van der Waals surface area contributed by atoms with Crippen LogP contribution in [0.3, 0.4) is 0 Å². The molecule has 1 saturated heterocycles. The van der Waals surface area contributed by atoms with E-state index in [9.17, 15) is 8.42 Å². The first-order valence-corrected chi connectivity index (χ1v) is 9.35. The first-order chi connectivity index (χ1) is 9.50. The minimum atomic E-state index is -2.76. The van der Waals surface area contributed by atoms with Gasteiger partial charge in [0.25, 0.3) is 0 Å². The third-order valence-electron chi connectivity index (χ3n) is 4.06. The molecule has 0 radical (unpaired) electrons. The molecule has 0 aliphatic carbocycles. The normalized spacial score (nSPS) is 22.8. The van der Waals surface area contributed by atoms with Crippen LogP contribution in [0.4, 0.5) is 0 Å². The molecule has 1 fully saturated rings. The first-order valence-electron chi connectivity index (χ1n) is 7.53. The molecule has 1 aliphatic rings. The van der Waals surface area contributed by atoms with Crippen molar-refractivity contribution in [3.05, 3.63) is 35.4 Å². The van der Waals surface area contributed by atoms with Gasteiger partial charge in [0, 0.05) is 6.04 Å². The zero-order valence-electron chi connectivity index (χ0n) is 12.4. The van der Waals surface area contributed by atoms with Crippen LogP contribution in [-0.2, 0) is 16.3 Å². The monoisotopic (exact) mass is 295 g/mol. The smallest absolute Gasteiger partial charge is 0.150 e. The molecule has 0 bridgehead atoms. The van der Waals surface area contributed by atoms with Crippen molar-refractivity contribution in [3.8, 4) is 0 Å². The Balaban J connectivity index is 1.84. The lowest BCUT2D eigenvalue weighted by atomic mass is 10.0. The zero-order chi connectivity index (χ0) is 14.6. The Morgan fingerprint density at radius 3 is 2.55 bits per heavy atom. The fraction of sp³-hybridized carbons (Fsp3) is 0.625. The fourth-order valence-corrected chi connectivity index (χ4v) is 4.62. The summed E-state index contributed by atoms with van der Waals surface area (Å²) in [4.78, 5) is 0. The summed E-state index contributed by atoms with van der Waals surface area (Å²) in [6.45, 7) is 5.11. The molecule has 2 rings (SSSR count). The van der Waals surface area contributed by atoms with E-state index in [1.165, 1.54) is 17.5 Å². The molecule has 0 spiro atoms. The Hall–Kier alpha value is -0.870. The molecule has 2 atom stereocenters. The number of sulfone groups is 1. The second-order valence-electron chi connectivity index (χ2n) is 5.89. The minimum absolute atomic E-state index is 0.272. The van der Waals surface area contributed by atoms with Gasteiger partial charge in [-0.05, 0) is 43.4 Å². The van der Waals surface area contributed by atoms with Crippen molar-refractivity contribution in [1.82, 2.24) is 5.32 Å². The average molecular weight is 295 g/mol. The van der Waals surface area contributed by atoms with Crippen molar-refractivity contribution < 1.29 is 8.42 Å². The molecule has 20 heavy (non-hydrogen) atoms. The molecule has 0 aromatic heterocycles. The lowest BCUT2D eigenvalue weighted by molar-refractivity contribution is 0.476. The molecule has 1 aromatic carbocycles. The Morgan fingerprint density at radius 2 is 2.00 bits per heavy atom. The van der Waals surface area contributed by atoms with Crippen molar-refractivity contribution in [2.45, 2.75) is 39.2 Å². The summed E-state index contributed by atoms with van der Waals surface area (Å²) >= 11 is 0. The van der Waals surface area contributed by atoms with Gasteiger partial charge in [-0.1, -0.05) is 37.6 Å². The molecular weight excluding hydrogens is 270 g/mol. The van der Waals surface area contributed by atoms with Crippen LogP contribution in [0.25, 0.3) is 0 Å². The van der Waals surface area contributed by atoms with Crippen molar-refractivity contribution in [3.63, 3.8) is 0 Å². The van der Waals surface area contributed by atoms with Crippen LogP contribution >= 0.6 is 0 Å². The average Bonchev–Trinajstić information content (AvgIpc) is 2.77. The fourth-order valence-electron chi connectivity index (χ4n) is 2.76. The molecule has 0 amide bonds. The maximum atomic E-state index is 11.4. The van der Waals surface area contributed by atoms with Gasteiger partial charge in [-0.2, -0.15) is 0 Å². The van der Waals surface area contributed by atoms with E-state index in [4.69, 9.17) is 0 Å². The Labute approximate surface area is 122 Å². The molecule has 1 aliphatic heterocycles. The summed E-state index contributed by atoms with van der Waals surface area (Å²) in [6, 6.07) is 9.00. The molecular formula is C16H25NO2S. The Kier molecular flexibility index (Phi) is 5.22. The van der Waals surface area contributed by atoms with Crippen LogP contribution in [0.15, 0.2) is 24.3 Å². The molecule has 1 N–H and O–H groups in total. The summed E-state index contributed by atoms with van der Waals surface area (Å²) in [7, 11) is -2.76. The third-order valence-corrected chi connectivity index (χ3v) is 5.89. The summed E-state index contributed by atoms with van der Waals surface area (Å²) in [6.07, 6.45) is 3.10. The number of rotatable bonds is 6. The highest BCUT2D eigenvalue weighted by Gasteiger charge is 2.27. The van der Waals surface area contributed by atoms with Gasteiger partial charge in [0.15, 0.2) is 9.84 Å². The highest BCUT2D eigenvalue weighted by Crippen LogP contribution is 2.19. The topological polar surface area (TPSA) is 46.2 Å². The van der Waals surface area contributed by atoms with Crippen LogP contribution in [0.1, 0.15) is 43.9 Å². The van der Waals surface area contributed by atoms with E-state index >= 15 is 0 Å². The van der Waals surface area contributed by atoms with E-state index in [-0.39, 0.29) is 12.0 Å². The summed E-state index contributed by atoms with van der Waals surface area (Å²) < 4.78 is 22.9.